The predicted molar refractivity (Wildman–Crippen MR) is 73.7 cm³/mol. The first-order chi connectivity index (χ1) is 8.91. The van der Waals surface area contributed by atoms with Crippen LogP contribution in [0.3, 0.4) is 0 Å². The largest absolute Gasteiger partial charge is 0.314 e. The molecule has 110 valence electrons. The second-order valence-corrected chi connectivity index (χ2v) is 4.70. The number of carbonyl (C=O) groups is 2. The summed E-state index contributed by atoms with van der Waals surface area (Å²) in [6, 6.07) is 2.96. The van der Waals surface area contributed by atoms with Crippen molar-refractivity contribution >= 4 is 41.5 Å². The van der Waals surface area contributed by atoms with Crippen molar-refractivity contribution in [3.05, 3.63) is 29.0 Å². The van der Waals surface area contributed by atoms with Crippen LogP contribution in [-0.4, -0.2) is 35.2 Å². The number of hydrogen-bond donors (Lipinski definition) is 1. The number of halogens is 3. The van der Waals surface area contributed by atoms with E-state index in [9.17, 15) is 19.2 Å². The first-order valence-corrected chi connectivity index (χ1v) is 6.03. The number of carbonyl (C=O) groups excluding carboxylic acids is 2. The monoisotopic (exact) mass is 322 g/mol. The molecule has 1 heterocycles. The van der Waals surface area contributed by atoms with Crippen molar-refractivity contribution in [3.8, 4) is 0 Å². The average molecular weight is 323 g/mol. The van der Waals surface area contributed by atoms with E-state index in [0.717, 1.165) is 6.07 Å². The van der Waals surface area contributed by atoms with Crippen LogP contribution in [0.5, 0.6) is 0 Å². The Morgan fingerprint density at radius 3 is 2.70 bits per heavy atom. The van der Waals surface area contributed by atoms with Crippen LogP contribution in [0.4, 0.5) is 10.1 Å². The molecular weight excluding hydrogens is 310 g/mol. The standard InChI is InChI=1S/C12H12ClFN2O3.ClH/c1-15(7-2-3-9(14)8(13)6-7)12(18)10-4-5-11(17)16(10)19;/h2-3,6,10,19H,4-5H2,1H3;1H. The molecule has 0 bridgehead atoms. The predicted octanol–water partition coefficient (Wildman–Crippen LogP) is 2.24. The summed E-state index contributed by atoms with van der Waals surface area (Å²) >= 11 is 5.65. The number of nitrogens with zero attached hydrogens (tertiary/aromatic N) is 2. The van der Waals surface area contributed by atoms with E-state index in [1.54, 1.807) is 0 Å². The van der Waals surface area contributed by atoms with E-state index in [4.69, 9.17) is 11.6 Å². The Bertz CT molecular complexity index is 541. The third-order valence-corrected chi connectivity index (χ3v) is 3.38. The average Bonchev–Trinajstić information content (AvgIpc) is 2.72. The fourth-order valence-corrected chi connectivity index (χ4v) is 2.12. The molecule has 1 fully saturated rings. The number of hydroxylamine groups is 2. The van der Waals surface area contributed by atoms with Crippen molar-refractivity contribution in [2.45, 2.75) is 18.9 Å². The molecule has 1 aliphatic rings. The van der Waals surface area contributed by atoms with Gasteiger partial charge in [0.15, 0.2) is 0 Å². The molecule has 0 aliphatic carbocycles. The van der Waals surface area contributed by atoms with Crippen LogP contribution in [0, 0.1) is 5.82 Å². The van der Waals surface area contributed by atoms with E-state index < -0.39 is 23.7 Å². The molecule has 1 atom stereocenters. The van der Waals surface area contributed by atoms with Gasteiger partial charge in [-0.15, -0.1) is 12.4 Å². The lowest BCUT2D eigenvalue weighted by Gasteiger charge is -2.24. The fourth-order valence-electron chi connectivity index (χ4n) is 1.94. The van der Waals surface area contributed by atoms with Gasteiger partial charge >= 0.3 is 0 Å². The van der Waals surface area contributed by atoms with Gasteiger partial charge in [0.25, 0.3) is 5.91 Å². The van der Waals surface area contributed by atoms with Gasteiger partial charge in [0.05, 0.1) is 5.02 Å². The van der Waals surface area contributed by atoms with Gasteiger partial charge < -0.3 is 4.90 Å². The molecule has 2 amide bonds. The Morgan fingerprint density at radius 1 is 1.55 bits per heavy atom. The maximum absolute atomic E-state index is 13.0. The molecule has 5 nitrogen and oxygen atoms in total. The minimum atomic E-state index is -0.902. The number of amides is 2. The van der Waals surface area contributed by atoms with Crippen LogP contribution in [0.2, 0.25) is 5.02 Å². The van der Waals surface area contributed by atoms with E-state index in [1.165, 1.54) is 24.1 Å². The van der Waals surface area contributed by atoms with E-state index in [2.05, 4.69) is 0 Å². The molecule has 1 aromatic rings. The molecule has 1 saturated heterocycles. The van der Waals surface area contributed by atoms with E-state index in [-0.39, 0.29) is 30.3 Å². The lowest BCUT2D eigenvalue weighted by molar-refractivity contribution is -0.169. The molecule has 0 spiro atoms. The first-order valence-electron chi connectivity index (χ1n) is 5.65. The Labute approximate surface area is 126 Å². The first kappa shape index (κ1) is 16.7. The molecule has 0 radical (unpaired) electrons. The molecule has 2 rings (SSSR count). The Kier molecular flexibility index (Phi) is 5.33. The van der Waals surface area contributed by atoms with Gasteiger partial charge in [-0.05, 0) is 24.6 Å². The zero-order chi connectivity index (χ0) is 14.2. The van der Waals surface area contributed by atoms with Gasteiger partial charge in [-0.3, -0.25) is 14.8 Å². The number of anilines is 1. The third-order valence-electron chi connectivity index (χ3n) is 3.09. The van der Waals surface area contributed by atoms with Gasteiger partial charge in [0.1, 0.15) is 11.9 Å². The second kappa shape index (κ2) is 6.39. The highest BCUT2D eigenvalue weighted by Crippen LogP contribution is 2.25. The number of hydrogen-bond acceptors (Lipinski definition) is 3. The summed E-state index contributed by atoms with van der Waals surface area (Å²) in [4.78, 5) is 24.5. The molecule has 1 aliphatic heterocycles. The van der Waals surface area contributed by atoms with Crippen molar-refractivity contribution < 1.29 is 19.2 Å². The molecule has 1 aromatic carbocycles. The number of benzene rings is 1. The molecule has 20 heavy (non-hydrogen) atoms. The van der Waals surface area contributed by atoms with Crippen molar-refractivity contribution in [3.63, 3.8) is 0 Å². The Hall–Kier alpha value is -1.37. The highest BCUT2D eigenvalue weighted by Gasteiger charge is 2.37. The van der Waals surface area contributed by atoms with Crippen molar-refractivity contribution in [2.75, 3.05) is 11.9 Å². The molecule has 1 unspecified atom stereocenters. The van der Waals surface area contributed by atoms with Crippen LogP contribution in [0.25, 0.3) is 0 Å². The molecule has 8 heteroatoms. The summed E-state index contributed by atoms with van der Waals surface area (Å²) in [5, 5.41) is 9.82. The van der Waals surface area contributed by atoms with Gasteiger partial charge in [-0.1, -0.05) is 11.6 Å². The molecule has 1 N–H and O–H groups in total. The zero-order valence-corrected chi connectivity index (χ0v) is 12.1. The lowest BCUT2D eigenvalue weighted by atomic mass is 10.2. The molecule has 0 aromatic heterocycles. The number of rotatable bonds is 2. The normalized spacial score (nSPS) is 17.9. The maximum atomic E-state index is 13.0. The van der Waals surface area contributed by atoms with Crippen LogP contribution in [0.15, 0.2) is 18.2 Å². The van der Waals surface area contributed by atoms with Crippen LogP contribution >= 0.6 is 24.0 Å². The van der Waals surface area contributed by atoms with Crippen LogP contribution in [-0.2, 0) is 9.59 Å². The maximum Gasteiger partial charge on any atom is 0.252 e. The van der Waals surface area contributed by atoms with E-state index in [1.807, 2.05) is 0 Å². The SMILES string of the molecule is CN(C(=O)C1CCC(=O)N1O)c1ccc(F)c(Cl)c1.Cl. The summed E-state index contributed by atoms with van der Waals surface area (Å²) in [7, 11) is 1.47. The van der Waals surface area contributed by atoms with E-state index in [0.29, 0.717) is 10.8 Å². The summed E-state index contributed by atoms with van der Waals surface area (Å²) in [5.41, 5.74) is 0.393. The quantitative estimate of drug-likeness (QED) is 0.849. The molecular formula is C12H13Cl2FN2O3. The highest BCUT2D eigenvalue weighted by molar-refractivity contribution is 6.31. The van der Waals surface area contributed by atoms with Gasteiger partial charge in [-0.25, -0.2) is 9.45 Å². The minimum absolute atomic E-state index is 0. The fraction of sp³-hybridized carbons (Fsp3) is 0.333. The van der Waals surface area contributed by atoms with Gasteiger partial charge in [-0.2, -0.15) is 0 Å². The van der Waals surface area contributed by atoms with E-state index >= 15 is 0 Å². The summed E-state index contributed by atoms with van der Waals surface area (Å²) in [5.74, 6) is -1.51. The van der Waals surface area contributed by atoms with Crippen molar-refractivity contribution in [2.24, 2.45) is 0 Å². The number of likely N-dealkylation sites (N-methyl/N-ethyl adjacent to an activating group) is 1. The zero-order valence-electron chi connectivity index (χ0n) is 10.5. The van der Waals surface area contributed by atoms with Crippen molar-refractivity contribution in [1.82, 2.24) is 5.06 Å². The van der Waals surface area contributed by atoms with Gasteiger partial charge in [0.2, 0.25) is 5.91 Å². The Morgan fingerprint density at radius 2 is 2.20 bits per heavy atom. The summed E-state index contributed by atoms with van der Waals surface area (Å²) in [6.45, 7) is 0. The Balaban J connectivity index is 0.00000200. The third kappa shape index (κ3) is 3.03. The topological polar surface area (TPSA) is 60.9 Å². The van der Waals surface area contributed by atoms with Crippen LogP contribution in [0.1, 0.15) is 12.8 Å². The smallest absolute Gasteiger partial charge is 0.252 e. The van der Waals surface area contributed by atoms with Crippen molar-refractivity contribution in [1.29, 1.82) is 0 Å². The second-order valence-electron chi connectivity index (χ2n) is 4.29. The van der Waals surface area contributed by atoms with Crippen LogP contribution < -0.4 is 4.90 Å². The molecule has 0 saturated carbocycles. The highest BCUT2D eigenvalue weighted by atomic mass is 35.5. The van der Waals surface area contributed by atoms with Gasteiger partial charge in [0, 0.05) is 19.2 Å². The summed E-state index contributed by atoms with van der Waals surface area (Å²) in [6.07, 6.45) is 0.387. The lowest BCUT2D eigenvalue weighted by Crippen LogP contribution is -2.44. The summed E-state index contributed by atoms with van der Waals surface area (Å²) < 4.78 is 13.0. The minimum Gasteiger partial charge on any atom is -0.314 e.